The van der Waals surface area contributed by atoms with Gasteiger partial charge >= 0.3 is 0 Å². The molecule has 0 radical (unpaired) electrons. The van der Waals surface area contributed by atoms with E-state index in [1.54, 1.807) is 11.3 Å². The van der Waals surface area contributed by atoms with E-state index >= 15 is 0 Å². The highest BCUT2D eigenvalue weighted by atomic mass is 32.1. The van der Waals surface area contributed by atoms with Gasteiger partial charge in [-0.3, -0.25) is 4.40 Å². The maximum absolute atomic E-state index is 4.61. The Labute approximate surface area is 113 Å². The van der Waals surface area contributed by atoms with Crippen molar-refractivity contribution >= 4 is 22.4 Å². The molecule has 0 amide bonds. The van der Waals surface area contributed by atoms with Crippen LogP contribution in [0.3, 0.4) is 0 Å². The van der Waals surface area contributed by atoms with Crippen LogP contribution in [0, 0.1) is 13.8 Å². The Hall–Kier alpha value is -1.13. The SMILES string of the molecule is CCNC(C)C(C)=Cc1c(C)nc2sc(C)cn12. The van der Waals surface area contributed by atoms with Gasteiger partial charge in [0.15, 0.2) is 4.96 Å². The first kappa shape index (κ1) is 13.3. The van der Waals surface area contributed by atoms with Crippen LogP contribution in [0.2, 0.25) is 0 Å². The number of rotatable bonds is 4. The van der Waals surface area contributed by atoms with Crippen molar-refractivity contribution in [1.82, 2.24) is 14.7 Å². The summed E-state index contributed by atoms with van der Waals surface area (Å²) in [5.74, 6) is 0. The molecule has 1 N–H and O–H groups in total. The molecule has 1 unspecified atom stereocenters. The summed E-state index contributed by atoms with van der Waals surface area (Å²) >= 11 is 1.74. The molecule has 0 spiro atoms. The number of fused-ring (bicyclic) bond motifs is 1. The minimum atomic E-state index is 0.402. The molecule has 0 saturated heterocycles. The minimum Gasteiger partial charge on any atom is -0.311 e. The van der Waals surface area contributed by atoms with Crippen LogP contribution in [-0.2, 0) is 0 Å². The average molecular weight is 263 g/mol. The molecule has 4 heteroatoms. The Balaban J connectivity index is 2.40. The lowest BCUT2D eigenvalue weighted by Gasteiger charge is -2.12. The quantitative estimate of drug-likeness (QED) is 0.916. The first-order chi connectivity index (χ1) is 8.52. The smallest absolute Gasteiger partial charge is 0.194 e. The molecule has 1 atom stereocenters. The van der Waals surface area contributed by atoms with Crippen LogP contribution in [0.25, 0.3) is 11.0 Å². The molecule has 18 heavy (non-hydrogen) atoms. The summed E-state index contributed by atoms with van der Waals surface area (Å²) in [6, 6.07) is 0.402. The van der Waals surface area contributed by atoms with E-state index in [0.29, 0.717) is 6.04 Å². The summed E-state index contributed by atoms with van der Waals surface area (Å²) in [6.07, 6.45) is 4.41. The fraction of sp³-hybridized carbons (Fsp3) is 0.500. The van der Waals surface area contributed by atoms with E-state index in [4.69, 9.17) is 0 Å². The van der Waals surface area contributed by atoms with Crippen molar-refractivity contribution in [2.45, 2.75) is 40.7 Å². The van der Waals surface area contributed by atoms with Crippen molar-refractivity contribution in [3.8, 4) is 0 Å². The van der Waals surface area contributed by atoms with E-state index < -0.39 is 0 Å². The lowest BCUT2D eigenvalue weighted by molar-refractivity contribution is 0.636. The molecule has 2 rings (SSSR count). The highest BCUT2D eigenvalue weighted by molar-refractivity contribution is 7.17. The largest absolute Gasteiger partial charge is 0.311 e. The van der Waals surface area contributed by atoms with Crippen LogP contribution in [0.15, 0.2) is 11.8 Å². The van der Waals surface area contributed by atoms with Gasteiger partial charge in [0.05, 0.1) is 11.4 Å². The van der Waals surface area contributed by atoms with Gasteiger partial charge in [-0.05, 0) is 40.3 Å². The monoisotopic (exact) mass is 263 g/mol. The van der Waals surface area contributed by atoms with Crippen LogP contribution in [0.1, 0.15) is 37.0 Å². The lowest BCUT2D eigenvalue weighted by atomic mass is 10.1. The number of thiazole rings is 1. The first-order valence-electron chi connectivity index (χ1n) is 6.39. The molecule has 0 aliphatic rings. The first-order valence-corrected chi connectivity index (χ1v) is 7.21. The minimum absolute atomic E-state index is 0.402. The van der Waals surface area contributed by atoms with Gasteiger partial charge in [0, 0.05) is 17.1 Å². The maximum atomic E-state index is 4.61. The Kier molecular flexibility index (Phi) is 3.88. The number of hydrogen-bond acceptors (Lipinski definition) is 3. The Bertz CT molecular complexity index is 577. The molecular formula is C14H21N3S. The van der Waals surface area contributed by atoms with Crippen molar-refractivity contribution < 1.29 is 0 Å². The zero-order chi connectivity index (χ0) is 13.3. The zero-order valence-corrected chi connectivity index (χ0v) is 12.6. The Morgan fingerprint density at radius 2 is 2.28 bits per heavy atom. The van der Waals surface area contributed by atoms with Crippen LogP contribution in [0.4, 0.5) is 0 Å². The molecule has 2 aromatic rings. The van der Waals surface area contributed by atoms with Crippen LogP contribution < -0.4 is 5.32 Å². The van der Waals surface area contributed by atoms with Crippen molar-refractivity contribution in [3.63, 3.8) is 0 Å². The predicted molar refractivity (Wildman–Crippen MR) is 79.3 cm³/mol. The summed E-state index contributed by atoms with van der Waals surface area (Å²) < 4.78 is 2.19. The summed E-state index contributed by atoms with van der Waals surface area (Å²) in [7, 11) is 0. The highest BCUT2D eigenvalue weighted by Gasteiger charge is 2.10. The molecule has 0 bridgehead atoms. The van der Waals surface area contributed by atoms with Crippen LogP contribution in [0.5, 0.6) is 0 Å². The fourth-order valence-corrected chi connectivity index (χ4v) is 2.94. The molecular weight excluding hydrogens is 242 g/mol. The van der Waals surface area contributed by atoms with Crippen molar-refractivity contribution in [2.24, 2.45) is 0 Å². The summed E-state index contributed by atoms with van der Waals surface area (Å²) in [4.78, 5) is 6.99. The van der Waals surface area contributed by atoms with Crippen molar-refractivity contribution in [2.75, 3.05) is 6.54 Å². The normalized spacial score (nSPS) is 14.4. The summed E-state index contributed by atoms with van der Waals surface area (Å²) in [6.45, 7) is 11.7. The van der Waals surface area contributed by atoms with E-state index in [9.17, 15) is 0 Å². The molecule has 0 aliphatic heterocycles. The highest BCUT2D eigenvalue weighted by Crippen LogP contribution is 2.22. The predicted octanol–water partition coefficient (Wildman–Crippen LogP) is 3.41. The van der Waals surface area contributed by atoms with Crippen LogP contribution in [-0.4, -0.2) is 22.0 Å². The van der Waals surface area contributed by atoms with E-state index in [0.717, 1.165) is 17.2 Å². The van der Waals surface area contributed by atoms with Gasteiger partial charge in [0.2, 0.25) is 0 Å². The third-order valence-corrected chi connectivity index (χ3v) is 4.12. The summed E-state index contributed by atoms with van der Waals surface area (Å²) in [5.41, 5.74) is 3.64. The van der Waals surface area contributed by atoms with Gasteiger partial charge in [-0.25, -0.2) is 4.98 Å². The van der Waals surface area contributed by atoms with E-state index in [1.165, 1.54) is 16.1 Å². The number of nitrogens with one attached hydrogen (secondary N) is 1. The maximum Gasteiger partial charge on any atom is 0.194 e. The number of nitrogens with zero attached hydrogens (tertiary/aromatic N) is 2. The van der Waals surface area contributed by atoms with E-state index in [2.05, 4.69) is 61.6 Å². The van der Waals surface area contributed by atoms with Gasteiger partial charge in [0.25, 0.3) is 0 Å². The fourth-order valence-electron chi connectivity index (χ4n) is 2.06. The second-order valence-corrected chi connectivity index (χ2v) is 5.96. The van der Waals surface area contributed by atoms with Gasteiger partial charge < -0.3 is 5.32 Å². The van der Waals surface area contributed by atoms with Gasteiger partial charge in [-0.15, -0.1) is 11.3 Å². The van der Waals surface area contributed by atoms with E-state index in [1.807, 2.05) is 0 Å². The molecule has 0 fully saturated rings. The van der Waals surface area contributed by atoms with Gasteiger partial charge in [-0.2, -0.15) is 0 Å². The molecule has 0 aromatic carbocycles. The molecule has 98 valence electrons. The average Bonchev–Trinajstić information content (AvgIpc) is 2.77. The lowest BCUT2D eigenvalue weighted by Crippen LogP contribution is -2.26. The molecule has 0 aliphatic carbocycles. The number of aryl methyl sites for hydroxylation is 2. The second-order valence-electron chi connectivity index (χ2n) is 4.74. The third kappa shape index (κ3) is 2.49. The number of imidazole rings is 1. The third-order valence-electron chi connectivity index (χ3n) is 3.22. The van der Waals surface area contributed by atoms with E-state index in [-0.39, 0.29) is 0 Å². The molecule has 3 nitrogen and oxygen atoms in total. The Morgan fingerprint density at radius 1 is 1.56 bits per heavy atom. The topological polar surface area (TPSA) is 29.3 Å². The molecule has 2 heterocycles. The Morgan fingerprint density at radius 3 is 2.94 bits per heavy atom. The van der Waals surface area contributed by atoms with Crippen molar-refractivity contribution in [1.29, 1.82) is 0 Å². The van der Waals surface area contributed by atoms with Gasteiger partial charge in [0.1, 0.15) is 0 Å². The number of hydrogen-bond donors (Lipinski definition) is 1. The molecule has 2 aromatic heterocycles. The number of aromatic nitrogens is 2. The second kappa shape index (κ2) is 5.24. The van der Waals surface area contributed by atoms with Crippen LogP contribution >= 0.6 is 11.3 Å². The van der Waals surface area contributed by atoms with Crippen molar-refractivity contribution in [3.05, 3.63) is 28.0 Å². The number of likely N-dealkylation sites (N-methyl/N-ethyl adjacent to an activating group) is 1. The zero-order valence-electron chi connectivity index (χ0n) is 11.7. The molecule has 0 saturated carbocycles. The standard InChI is InChI=1S/C14H21N3S/c1-6-15-11(4)9(2)7-13-12(5)16-14-17(13)8-10(3)18-14/h7-8,11,15H,6H2,1-5H3. The summed E-state index contributed by atoms with van der Waals surface area (Å²) in [5, 5.41) is 3.44. The van der Waals surface area contributed by atoms with Gasteiger partial charge in [-0.1, -0.05) is 12.5 Å².